The quantitative estimate of drug-likeness (QED) is 0.155. The second-order valence-electron chi connectivity index (χ2n) is 7.84. The first-order chi connectivity index (χ1) is 15.2. The van der Waals surface area contributed by atoms with Gasteiger partial charge in [0, 0.05) is 11.9 Å². The third-order valence-corrected chi connectivity index (χ3v) is 5.33. The van der Waals surface area contributed by atoms with Crippen molar-refractivity contribution in [1.29, 1.82) is 0 Å². The number of rotatable bonds is 11. The molecule has 31 heavy (non-hydrogen) atoms. The second-order valence-corrected chi connectivity index (χ2v) is 7.84. The molecule has 3 rings (SSSR count). The number of aryl methyl sites for hydroxylation is 3. The van der Waals surface area contributed by atoms with Crippen LogP contribution in [0.1, 0.15) is 58.9 Å². The molecule has 1 heterocycles. The van der Waals surface area contributed by atoms with Crippen LogP contribution in [0, 0.1) is 0 Å². The predicted molar refractivity (Wildman–Crippen MR) is 127 cm³/mol. The van der Waals surface area contributed by atoms with Crippen molar-refractivity contribution in [1.82, 2.24) is 4.98 Å². The highest BCUT2D eigenvalue weighted by Gasteiger charge is 2.08. The molecule has 1 aromatic heterocycles. The van der Waals surface area contributed by atoms with E-state index >= 15 is 0 Å². The average molecular weight is 414 g/mol. The Balaban J connectivity index is 1.48. The van der Waals surface area contributed by atoms with Gasteiger partial charge in [0.2, 0.25) is 0 Å². The number of allylic oxidation sites excluding steroid dienone is 1. The molecule has 0 aliphatic carbocycles. The average Bonchev–Trinajstić information content (AvgIpc) is 2.80. The molecule has 0 aliphatic heterocycles. The number of carbonyl (C=O) groups excluding carboxylic acids is 1. The van der Waals surface area contributed by atoms with Crippen molar-refractivity contribution in [3.63, 3.8) is 0 Å². The number of benzene rings is 2. The monoisotopic (exact) mass is 413 g/mol. The molecule has 0 saturated carbocycles. The third kappa shape index (κ3) is 7.21. The summed E-state index contributed by atoms with van der Waals surface area (Å²) in [6.45, 7) is 5.95. The molecule has 3 aromatic rings. The van der Waals surface area contributed by atoms with E-state index in [0.29, 0.717) is 11.3 Å². The van der Waals surface area contributed by atoms with Crippen LogP contribution in [-0.4, -0.2) is 11.0 Å². The normalized spacial score (nSPS) is 10.6. The number of carbonyl (C=O) groups is 1. The maximum Gasteiger partial charge on any atom is 0.343 e. The molecule has 0 atom stereocenters. The van der Waals surface area contributed by atoms with Crippen LogP contribution in [0.3, 0.4) is 0 Å². The Morgan fingerprint density at radius 2 is 1.58 bits per heavy atom. The molecule has 160 valence electrons. The van der Waals surface area contributed by atoms with E-state index in [9.17, 15) is 4.79 Å². The van der Waals surface area contributed by atoms with Crippen LogP contribution in [0.15, 0.2) is 79.5 Å². The van der Waals surface area contributed by atoms with E-state index in [1.54, 1.807) is 12.1 Å². The smallest absolute Gasteiger partial charge is 0.343 e. The standard InChI is InChI=1S/C28H31NO2/c1-3-5-6-8-24-12-18-26(29-21-24)17-11-23-13-19-27(20-14-23)31-28(30)25-15-9-22(7-4-2)10-16-25/h4,9-10,12-16,18-21H,2-3,5-8,11,17H2,1H3. The number of esters is 1. The minimum atomic E-state index is -0.346. The number of hydrogen-bond donors (Lipinski definition) is 0. The maximum atomic E-state index is 12.3. The first kappa shape index (κ1) is 22.5. The fourth-order valence-electron chi connectivity index (χ4n) is 3.44. The van der Waals surface area contributed by atoms with Gasteiger partial charge in [-0.25, -0.2) is 4.79 Å². The molecule has 0 unspecified atom stereocenters. The molecule has 0 aliphatic rings. The van der Waals surface area contributed by atoms with Gasteiger partial charge in [0.1, 0.15) is 5.75 Å². The molecule has 2 aromatic carbocycles. The summed E-state index contributed by atoms with van der Waals surface area (Å²) in [4.78, 5) is 16.9. The summed E-state index contributed by atoms with van der Waals surface area (Å²) in [6, 6.07) is 19.5. The number of aromatic nitrogens is 1. The summed E-state index contributed by atoms with van der Waals surface area (Å²) >= 11 is 0. The number of hydrogen-bond acceptors (Lipinski definition) is 3. The van der Waals surface area contributed by atoms with Crippen LogP contribution in [0.4, 0.5) is 0 Å². The van der Waals surface area contributed by atoms with Gasteiger partial charge in [0.05, 0.1) is 5.56 Å². The summed E-state index contributed by atoms with van der Waals surface area (Å²) in [7, 11) is 0. The summed E-state index contributed by atoms with van der Waals surface area (Å²) < 4.78 is 5.50. The Bertz CT molecular complexity index is 957. The lowest BCUT2D eigenvalue weighted by molar-refractivity contribution is 0.0734. The molecule has 0 bridgehead atoms. The van der Waals surface area contributed by atoms with Crippen LogP contribution in [-0.2, 0) is 25.7 Å². The summed E-state index contributed by atoms with van der Waals surface area (Å²) in [6.07, 6.45) is 11.3. The number of unbranched alkanes of at least 4 members (excludes halogenated alkanes) is 2. The molecule has 3 nitrogen and oxygen atoms in total. The van der Waals surface area contributed by atoms with Gasteiger partial charge in [-0.05, 0) is 79.1 Å². The van der Waals surface area contributed by atoms with Gasteiger partial charge in [-0.1, -0.05) is 56.2 Å². The summed E-state index contributed by atoms with van der Waals surface area (Å²) in [5.74, 6) is 0.208. The molecule has 0 radical (unpaired) electrons. The SMILES string of the molecule is C=CCc1ccc(C(=O)Oc2ccc(CCc3ccc(CCCCC)cn3)cc2)cc1. The predicted octanol–water partition coefficient (Wildman–Crippen LogP) is 6.55. The van der Waals surface area contributed by atoms with Crippen LogP contribution in [0.2, 0.25) is 0 Å². The number of ether oxygens (including phenoxy) is 1. The van der Waals surface area contributed by atoms with E-state index in [-0.39, 0.29) is 5.97 Å². The van der Waals surface area contributed by atoms with E-state index in [1.807, 2.05) is 48.7 Å². The zero-order valence-corrected chi connectivity index (χ0v) is 18.3. The molecule has 0 fully saturated rings. The van der Waals surface area contributed by atoms with Crippen LogP contribution < -0.4 is 4.74 Å². The third-order valence-electron chi connectivity index (χ3n) is 5.33. The van der Waals surface area contributed by atoms with Crippen molar-refractivity contribution in [3.8, 4) is 5.75 Å². The highest BCUT2D eigenvalue weighted by Crippen LogP contribution is 2.16. The van der Waals surface area contributed by atoms with Gasteiger partial charge in [0.15, 0.2) is 0 Å². The highest BCUT2D eigenvalue weighted by molar-refractivity contribution is 5.91. The lowest BCUT2D eigenvalue weighted by Gasteiger charge is -2.07. The van der Waals surface area contributed by atoms with E-state index < -0.39 is 0 Å². The molecular formula is C28H31NO2. The minimum absolute atomic E-state index is 0.346. The zero-order chi connectivity index (χ0) is 21.9. The molecule has 0 amide bonds. The van der Waals surface area contributed by atoms with Crippen molar-refractivity contribution < 1.29 is 9.53 Å². The van der Waals surface area contributed by atoms with Gasteiger partial charge < -0.3 is 4.74 Å². The van der Waals surface area contributed by atoms with Crippen molar-refractivity contribution >= 4 is 5.97 Å². The van der Waals surface area contributed by atoms with E-state index in [2.05, 4.69) is 30.6 Å². The van der Waals surface area contributed by atoms with Crippen molar-refractivity contribution in [3.05, 3.63) is 107 Å². The summed E-state index contributed by atoms with van der Waals surface area (Å²) in [5, 5.41) is 0. The Hall–Kier alpha value is -3.20. The van der Waals surface area contributed by atoms with Crippen LogP contribution >= 0.6 is 0 Å². The lowest BCUT2D eigenvalue weighted by Crippen LogP contribution is -2.08. The van der Waals surface area contributed by atoms with Gasteiger partial charge in [0.25, 0.3) is 0 Å². The Kier molecular flexibility index (Phi) is 8.59. The topological polar surface area (TPSA) is 39.2 Å². The number of nitrogens with zero attached hydrogens (tertiary/aromatic N) is 1. The number of pyridine rings is 1. The van der Waals surface area contributed by atoms with Gasteiger partial charge in [-0.2, -0.15) is 0 Å². The minimum Gasteiger partial charge on any atom is -0.423 e. The largest absolute Gasteiger partial charge is 0.423 e. The molecule has 0 spiro atoms. The van der Waals surface area contributed by atoms with E-state index in [4.69, 9.17) is 4.74 Å². The highest BCUT2D eigenvalue weighted by atomic mass is 16.5. The fourth-order valence-corrected chi connectivity index (χ4v) is 3.44. The molecule has 0 saturated heterocycles. The lowest BCUT2D eigenvalue weighted by atomic mass is 10.1. The van der Waals surface area contributed by atoms with Gasteiger partial charge in [-0.15, -0.1) is 6.58 Å². The van der Waals surface area contributed by atoms with Crippen molar-refractivity contribution in [2.75, 3.05) is 0 Å². The van der Waals surface area contributed by atoms with Crippen LogP contribution in [0.25, 0.3) is 0 Å². The first-order valence-electron chi connectivity index (χ1n) is 11.1. The molecular weight excluding hydrogens is 382 g/mol. The Labute approximate surface area is 185 Å². The van der Waals surface area contributed by atoms with Crippen LogP contribution in [0.5, 0.6) is 5.75 Å². The van der Waals surface area contributed by atoms with E-state index in [0.717, 1.165) is 36.9 Å². The maximum absolute atomic E-state index is 12.3. The zero-order valence-electron chi connectivity index (χ0n) is 18.3. The van der Waals surface area contributed by atoms with Gasteiger partial charge >= 0.3 is 5.97 Å². The van der Waals surface area contributed by atoms with E-state index in [1.165, 1.54) is 30.4 Å². The fraction of sp³-hybridized carbons (Fsp3) is 0.286. The molecule has 3 heteroatoms. The van der Waals surface area contributed by atoms with Gasteiger partial charge in [-0.3, -0.25) is 4.98 Å². The van der Waals surface area contributed by atoms with Crippen molar-refractivity contribution in [2.24, 2.45) is 0 Å². The van der Waals surface area contributed by atoms with Crippen molar-refractivity contribution in [2.45, 2.75) is 51.9 Å². The second kappa shape index (κ2) is 11.8. The first-order valence-corrected chi connectivity index (χ1v) is 11.1. The Morgan fingerprint density at radius 1 is 0.871 bits per heavy atom. The summed E-state index contributed by atoms with van der Waals surface area (Å²) in [5.41, 5.74) is 5.29. The Morgan fingerprint density at radius 3 is 2.23 bits per heavy atom. The molecule has 0 N–H and O–H groups in total.